The maximum Gasteiger partial charge on any atom is 0.0546 e. The molecule has 0 spiro atoms. The summed E-state index contributed by atoms with van der Waals surface area (Å²) >= 11 is 1.88. The molecular weight excluding hydrogens is 599 g/mol. The van der Waals surface area contributed by atoms with Crippen LogP contribution in [0.1, 0.15) is 0 Å². The van der Waals surface area contributed by atoms with Gasteiger partial charge in [0.15, 0.2) is 0 Å². The summed E-state index contributed by atoms with van der Waals surface area (Å²) in [5, 5.41) is 5.11. The van der Waals surface area contributed by atoms with Crippen molar-refractivity contribution in [1.82, 2.24) is 0 Å². The van der Waals surface area contributed by atoms with E-state index in [9.17, 15) is 0 Å². The van der Waals surface area contributed by atoms with E-state index in [-0.39, 0.29) is 0 Å². The summed E-state index contributed by atoms with van der Waals surface area (Å²) in [6.07, 6.45) is 0. The largest absolute Gasteiger partial charge is 0.309 e. The molecule has 9 rings (SSSR count). The van der Waals surface area contributed by atoms with Gasteiger partial charge in [-0.3, -0.25) is 0 Å². The standard InChI is InChI=1S/C46H31NS/c1-3-15-33(16-4-1)38-30-29-34(37-24-13-18-32-17-7-8-21-36(32)37)31-44(38)47(35-19-5-2-6-20-35)43-27-11-9-22-39(43)41-25-14-26-42-40-23-10-12-28-45(40)48-46(41)42/h1-31H. The number of nitrogens with zero attached hydrogens (tertiary/aromatic N) is 1. The Morgan fingerprint density at radius 3 is 1.85 bits per heavy atom. The summed E-state index contributed by atoms with van der Waals surface area (Å²) in [4.78, 5) is 2.46. The fourth-order valence-corrected chi connectivity index (χ4v) is 8.29. The van der Waals surface area contributed by atoms with Gasteiger partial charge < -0.3 is 4.90 Å². The summed E-state index contributed by atoms with van der Waals surface area (Å²) in [6, 6.07) is 68.2. The van der Waals surface area contributed by atoms with Crippen LogP contribution in [-0.4, -0.2) is 0 Å². The third-order valence-corrected chi connectivity index (χ3v) is 10.5. The van der Waals surface area contributed by atoms with Crippen LogP contribution in [0, 0.1) is 0 Å². The minimum atomic E-state index is 1.11. The van der Waals surface area contributed by atoms with Crippen LogP contribution in [0.15, 0.2) is 188 Å². The average molecular weight is 630 g/mol. The van der Waals surface area contributed by atoms with Crippen molar-refractivity contribution in [2.45, 2.75) is 0 Å². The monoisotopic (exact) mass is 629 g/mol. The van der Waals surface area contributed by atoms with Crippen LogP contribution >= 0.6 is 11.3 Å². The number of para-hydroxylation sites is 2. The van der Waals surface area contributed by atoms with Gasteiger partial charge in [-0.05, 0) is 57.8 Å². The Bertz CT molecular complexity index is 2560. The Balaban J connectivity index is 1.34. The van der Waals surface area contributed by atoms with Gasteiger partial charge in [-0.25, -0.2) is 0 Å². The third kappa shape index (κ3) is 4.86. The molecule has 0 bridgehead atoms. The van der Waals surface area contributed by atoms with Crippen molar-refractivity contribution < 1.29 is 0 Å². The van der Waals surface area contributed by atoms with E-state index in [1.807, 2.05) is 11.3 Å². The molecule has 0 radical (unpaired) electrons. The highest BCUT2D eigenvalue weighted by atomic mass is 32.1. The first kappa shape index (κ1) is 28.3. The molecule has 0 amide bonds. The molecule has 0 N–H and O–H groups in total. The van der Waals surface area contributed by atoms with E-state index >= 15 is 0 Å². The number of thiophene rings is 1. The van der Waals surface area contributed by atoms with Crippen molar-refractivity contribution in [1.29, 1.82) is 0 Å². The second kappa shape index (κ2) is 12.0. The summed E-state index contributed by atoms with van der Waals surface area (Å²) in [7, 11) is 0. The highest BCUT2D eigenvalue weighted by Gasteiger charge is 2.22. The Labute approximate surface area is 284 Å². The van der Waals surface area contributed by atoms with E-state index in [4.69, 9.17) is 0 Å². The molecule has 0 saturated carbocycles. The van der Waals surface area contributed by atoms with Gasteiger partial charge >= 0.3 is 0 Å². The van der Waals surface area contributed by atoms with Crippen LogP contribution in [0.2, 0.25) is 0 Å². The van der Waals surface area contributed by atoms with E-state index < -0.39 is 0 Å². The van der Waals surface area contributed by atoms with Crippen molar-refractivity contribution in [2.75, 3.05) is 4.90 Å². The first-order chi connectivity index (χ1) is 23.8. The maximum absolute atomic E-state index is 2.46. The predicted molar refractivity (Wildman–Crippen MR) is 208 cm³/mol. The first-order valence-corrected chi connectivity index (χ1v) is 17.2. The smallest absolute Gasteiger partial charge is 0.0546 e. The van der Waals surface area contributed by atoms with Crippen molar-refractivity contribution in [3.63, 3.8) is 0 Å². The molecule has 0 aliphatic carbocycles. The van der Waals surface area contributed by atoms with Crippen molar-refractivity contribution in [2.24, 2.45) is 0 Å². The topological polar surface area (TPSA) is 3.24 Å². The molecule has 0 unspecified atom stereocenters. The summed E-state index contributed by atoms with van der Waals surface area (Å²) < 4.78 is 2.62. The number of rotatable bonds is 6. The van der Waals surface area contributed by atoms with Crippen LogP contribution in [0.5, 0.6) is 0 Å². The van der Waals surface area contributed by atoms with Gasteiger partial charge in [-0.15, -0.1) is 11.3 Å². The Morgan fingerprint density at radius 2 is 0.979 bits per heavy atom. The molecule has 0 saturated heterocycles. The van der Waals surface area contributed by atoms with Crippen LogP contribution in [-0.2, 0) is 0 Å². The van der Waals surface area contributed by atoms with Gasteiger partial charge in [0.2, 0.25) is 0 Å². The normalized spacial score (nSPS) is 11.3. The fourth-order valence-electron chi connectivity index (χ4n) is 7.06. The van der Waals surface area contributed by atoms with Gasteiger partial charge in [-0.2, -0.15) is 0 Å². The minimum absolute atomic E-state index is 1.11. The Kier molecular flexibility index (Phi) is 7.07. The summed E-state index contributed by atoms with van der Waals surface area (Å²) in [6.45, 7) is 0. The molecular formula is C46H31NS. The van der Waals surface area contributed by atoms with Gasteiger partial charge in [0, 0.05) is 42.6 Å². The van der Waals surface area contributed by atoms with Crippen LogP contribution in [0.25, 0.3) is 64.3 Å². The lowest BCUT2D eigenvalue weighted by Gasteiger charge is -2.30. The lowest BCUT2D eigenvalue weighted by Crippen LogP contribution is -2.12. The fraction of sp³-hybridized carbons (Fsp3) is 0. The second-order valence-electron chi connectivity index (χ2n) is 12.1. The van der Waals surface area contributed by atoms with Gasteiger partial charge in [0.1, 0.15) is 0 Å². The highest BCUT2D eigenvalue weighted by molar-refractivity contribution is 7.26. The molecule has 1 nitrogen and oxygen atoms in total. The molecule has 1 heterocycles. The second-order valence-corrected chi connectivity index (χ2v) is 13.1. The zero-order chi connectivity index (χ0) is 31.9. The number of benzene rings is 8. The quantitative estimate of drug-likeness (QED) is 0.177. The van der Waals surface area contributed by atoms with E-state index in [0.717, 1.165) is 17.1 Å². The molecule has 8 aromatic carbocycles. The lowest BCUT2D eigenvalue weighted by molar-refractivity contribution is 1.28. The lowest BCUT2D eigenvalue weighted by atomic mass is 9.93. The molecule has 0 atom stereocenters. The van der Waals surface area contributed by atoms with Crippen LogP contribution < -0.4 is 4.90 Å². The maximum atomic E-state index is 2.46. The summed E-state index contributed by atoms with van der Waals surface area (Å²) in [5.74, 6) is 0. The van der Waals surface area contributed by atoms with Crippen molar-refractivity contribution >= 4 is 59.3 Å². The van der Waals surface area contributed by atoms with E-state index in [1.54, 1.807) is 0 Å². The van der Waals surface area contributed by atoms with Crippen molar-refractivity contribution in [3.8, 4) is 33.4 Å². The van der Waals surface area contributed by atoms with Gasteiger partial charge in [-0.1, -0.05) is 158 Å². The highest BCUT2D eigenvalue weighted by Crippen LogP contribution is 2.48. The number of fused-ring (bicyclic) bond motifs is 4. The predicted octanol–water partition coefficient (Wildman–Crippen LogP) is 13.7. The zero-order valence-corrected chi connectivity index (χ0v) is 27.1. The molecule has 0 fully saturated rings. The van der Waals surface area contributed by atoms with E-state index in [2.05, 4.69) is 193 Å². The molecule has 1 aromatic heterocycles. The Morgan fingerprint density at radius 1 is 0.354 bits per heavy atom. The molecule has 0 aliphatic heterocycles. The molecule has 48 heavy (non-hydrogen) atoms. The molecule has 2 heteroatoms. The van der Waals surface area contributed by atoms with Gasteiger partial charge in [0.05, 0.1) is 11.4 Å². The molecule has 9 aromatic rings. The first-order valence-electron chi connectivity index (χ1n) is 16.4. The zero-order valence-electron chi connectivity index (χ0n) is 26.3. The number of hydrogen-bond donors (Lipinski definition) is 0. The van der Waals surface area contributed by atoms with E-state index in [0.29, 0.717) is 0 Å². The number of anilines is 3. The Hall–Kier alpha value is -5.96. The van der Waals surface area contributed by atoms with Crippen LogP contribution in [0.3, 0.4) is 0 Å². The van der Waals surface area contributed by atoms with Gasteiger partial charge in [0.25, 0.3) is 0 Å². The summed E-state index contributed by atoms with van der Waals surface area (Å²) in [5.41, 5.74) is 10.6. The van der Waals surface area contributed by atoms with Crippen LogP contribution in [0.4, 0.5) is 17.1 Å². The SMILES string of the molecule is c1ccc(-c2ccc(-c3cccc4ccccc34)cc2N(c2ccccc2)c2ccccc2-c2cccc3c2sc2ccccc23)cc1. The van der Waals surface area contributed by atoms with E-state index in [1.165, 1.54) is 64.3 Å². The minimum Gasteiger partial charge on any atom is -0.309 e. The van der Waals surface area contributed by atoms with Crippen molar-refractivity contribution in [3.05, 3.63) is 188 Å². The average Bonchev–Trinajstić information content (AvgIpc) is 3.55. The number of hydrogen-bond acceptors (Lipinski definition) is 2. The molecule has 226 valence electrons. The molecule has 0 aliphatic rings. The third-order valence-electron chi connectivity index (χ3n) is 9.28.